The first-order chi connectivity index (χ1) is 12.6. The number of carbonyl (C=O) groups excluding carboxylic acids is 2. The molecule has 7 heteroatoms. The van der Waals surface area contributed by atoms with Crippen LogP contribution in [0.2, 0.25) is 0 Å². The highest BCUT2D eigenvalue weighted by molar-refractivity contribution is 9.10. The molecule has 3 aliphatic rings. The van der Waals surface area contributed by atoms with E-state index in [-0.39, 0.29) is 34.6 Å². The Morgan fingerprint density at radius 3 is 2.67 bits per heavy atom. The zero-order valence-corrected chi connectivity index (χ0v) is 16.8. The Balaban J connectivity index is 2.14. The van der Waals surface area contributed by atoms with Crippen LogP contribution in [0, 0.1) is 23.7 Å². The molecule has 27 heavy (non-hydrogen) atoms. The first-order valence-electron chi connectivity index (χ1n) is 8.59. The molecule has 2 heterocycles. The molecule has 1 aromatic carbocycles. The van der Waals surface area contributed by atoms with Crippen LogP contribution in [0.1, 0.15) is 37.8 Å². The number of nitriles is 1. The summed E-state index contributed by atoms with van der Waals surface area (Å²) < 4.78 is 6.39. The number of Topliss-reactive ketones (excluding diaryl/α,β-unsaturated/α-hetero) is 1. The van der Waals surface area contributed by atoms with E-state index in [1.807, 2.05) is 32.9 Å². The predicted octanol–water partition coefficient (Wildman–Crippen LogP) is 3.31. The number of ketones is 1. The van der Waals surface area contributed by atoms with Crippen LogP contribution in [0.25, 0.3) is 0 Å². The summed E-state index contributed by atoms with van der Waals surface area (Å²) in [4.78, 5) is 26.6. The lowest BCUT2D eigenvalue weighted by molar-refractivity contribution is -0.124. The second kappa shape index (κ2) is 5.46. The highest BCUT2D eigenvalue weighted by atomic mass is 79.9. The van der Waals surface area contributed by atoms with Crippen LogP contribution in [-0.2, 0) is 19.7 Å². The summed E-state index contributed by atoms with van der Waals surface area (Å²) in [6, 6.07) is 5.68. The molecule has 0 aromatic heterocycles. The third-order valence-corrected chi connectivity index (χ3v) is 6.50. The largest absolute Gasteiger partial charge is 0.444 e. The number of aryl methyl sites for hydroxylation is 1. The second-order valence-corrected chi connectivity index (χ2v) is 8.81. The number of hydrogen-bond acceptors (Lipinski definition) is 5. The van der Waals surface area contributed by atoms with Crippen LogP contribution in [0.4, 0.5) is 5.69 Å². The molecule has 0 unspecified atom stereocenters. The van der Waals surface area contributed by atoms with E-state index in [1.165, 1.54) is 0 Å². The van der Waals surface area contributed by atoms with Gasteiger partial charge in [-0.05, 0) is 24.0 Å². The summed E-state index contributed by atoms with van der Waals surface area (Å²) >= 11 is 3.57. The van der Waals surface area contributed by atoms with Crippen molar-refractivity contribution < 1.29 is 14.3 Å². The molecule has 0 saturated heterocycles. The standard InChI is InChI=1S/C20H18BrN3O3/c1-9-4-5-11-14(16(9)21)20(18(26)24-11)10(8-22)17(23)27-13-7-19(2,3)6-12(25)15(13)20/h4-5H,6-7,23H2,1-3H3,(H,24,26)/t20-/m1/s1. The van der Waals surface area contributed by atoms with Gasteiger partial charge in [-0.25, -0.2) is 0 Å². The lowest BCUT2D eigenvalue weighted by Crippen LogP contribution is -2.48. The van der Waals surface area contributed by atoms with Crippen molar-refractivity contribution in [3.8, 4) is 6.07 Å². The number of amides is 1. The van der Waals surface area contributed by atoms with Crippen molar-refractivity contribution in [1.82, 2.24) is 0 Å². The van der Waals surface area contributed by atoms with Gasteiger partial charge in [0.2, 0.25) is 11.8 Å². The minimum atomic E-state index is -1.58. The number of anilines is 1. The first kappa shape index (κ1) is 17.8. The number of rotatable bonds is 0. The van der Waals surface area contributed by atoms with E-state index in [1.54, 1.807) is 6.07 Å². The number of nitrogens with two attached hydrogens (primary N) is 1. The molecule has 138 valence electrons. The summed E-state index contributed by atoms with van der Waals surface area (Å²) in [5, 5.41) is 12.7. The molecule has 1 spiro atoms. The fourth-order valence-electron chi connectivity index (χ4n) is 4.36. The normalized spacial score (nSPS) is 25.7. The maximum atomic E-state index is 13.3. The van der Waals surface area contributed by atoms with Crippen LogP contribution in [-0.4, -0.2) is 11.7 Å². The van der Waals surface area contributed by atoms with Crippen LogP contribution in [0.3, 0.4) is 0 Å². The minimum absolute atomic E-state index is 0.0446. The summed E-state index contributed by atoms with van der Waals surface area (Å²) in [5.41, 5.74) is 6.37. The molecule has 2 aliphatic heterocycles. The predicted molar refractivity (Wildman–Crippen MR) is 102 cm³/mol. The van der Waals surface area contributed by atoms with Crippen LogP contribution >= 0.6 is 15.9 Å². The van der Waals surface area contributed by atoms with Crippen LogP contribution < -0.4 is 11.1 Å². The third-order valence-electron chi connectivity index (χ3n) is 5.48. The molecular formula is C20H18BrN3O3. The van der Waals surface area contributed by atoms with Gasteiger partial charge in [-0.1, -0.05) is 35.8 Å². The van der Waals surface area contributed by atoms with E-state index in [2.05, 4.69) is 21.2 Å². The monoisotopic (exact) mass is 427 g/mol. The number of nitrogens with zero attached hydrogens (tertiary/aromatic N) is 1. The molecule has 1 aromatic rings. The maximum absolute atomic E-state index is 13.3. The van der Waals surface area contributed by atoms with E-state index in [9.17, 15) is 14.9 Å². The summed E-state index contributed by atoms with van der Waals surface area (Å²) in [5.74, 6) is -0.396. The van der Waals surface area contributed by atoms with Crippen molar-refractivity contribution in [3.05, 3.63) is 50.5 Å². The first-order valence-corrected chi connectivity index (χ1v) is 9.39. The van der Waals surface area contributed by atoms with E-state index >= 15 is 0 Å². The Labute approximate surface area is 165 Å². The molecular weight excluding hydrogens is 410 g/mol. The lowest BCUT2D eigenvalue weighted by atomic mass is 9.62. The Hall–Kier alpha value is -2.59. The van der Waals surface area contributed by atoms with Gasteiger partial charge >= 0.3 is 0 Å². The fourth-order valence-corrected chi connectivity index (χ4v) is 5.00. The third kappa shape index (κ3) is 2.16. The van der Waals surface area contributed by atoms with Crippen molar-refractivity contribution in [2.24, 2.45) is 11.1 Å². The Morgan fingerprint density at radius 1 is 1.30 bits per heavy atom. The topological polar surface area (TPSA) is 105 Å². The van der Waals surface area contributed by atoms with Gasteiger partial charge in [0, 0.05) is 28.6 Å². The summed E-state index contributed by atoms with van der Waals surface area (Å²) in [6.07, 6.45) is 0.725. The number of ether oxygens (including phenoxy) is 1. The number of carbonyl (C=O) groups is 2. The Kier molecular flexibility index (Phi) is 3.60. The summed E-state index contributed by atoms with van der Waals surface area (Å²) in [6.45, 7) is 5.82. The van der Waals surface area contributed by atoms with E-state index in [0.717, 1.165) is 5.56 Å². The van der Waals surface area contributed by atoms with Crippen molar-refractivity contribution in [3.63, 3.8) is 0 Å². The molecule has 0 fully saturated rings. The van der Waals surface area contributed by atoms with Gasteiger partial charge in [-0.2, -0.15) is 5.26 Å². The zero-order chi connectivity index (χ0) is 19.7. The van der Waals surface area contributed by atoms with Crippen LogP contribution in [0.15, 0.2) is 39.4 Å². The molecule has 1 amide bonds. The van der Waals surface area contributed by atoms with Crippen molar-refractivity contribution in [2.75, 3.05) is 5.32 Å². The SMILES string of the molecule is Cc1ccc2c(c1Br)[C@]1(C(=O)N2)C(C#N)=C(N)OC2=C1C(=O)CC(C)(C)C2. The summed E-state index contributed by atoms with van der Waals surface area (Å²) in [7, 11) is 0. The second-order valence-electron chi connectivity index (χ2n) is 8.02. The highest BCUT2D eigenvalue weighted by Gasteiger charge is 2.61. The average Bonchev–Trinajstić information content (AvgIpc) is 2.83. The Bertz CT molecular complexity index is 1050. The van der Waals surface area contributed by atoms with Gasteiger partial charge in [0.15, 0.2) is 5.78 Å². The molecule has 0 saturated carbocycles. The molecule has 3 N–H and O–H groups in total. The van der Waals surface area contributed by atoms with Gasteiger partial charge in [0.05, 0.1) is 5.57 Å². The quantitative estimate of drug-likeness (QED) is 0.660. The average molecular weight is 428 g/mol. The number of halogens is 1. The number of allylic oxidation sites excluding steroid dienone is 1. The van der Waals surface area contributed by atoms with Gasteiger partial charge in [-0.3, -0.25) is 9.59 Å². The van der Waals surface area contributed by atoms with E-state index < -0.39 is 11.3 Å². The van der Waals surface area contributed by atoms with Gasteiger partial charge in [0.1, 0.15) is 22.8 Å². The molecule has 0 radical (unpaired) electrons. The number of fused-ring (bicyclic) bond motifs is 3. The molecule has 4 rings (SSSR count). The highest BCUT2D eigenvalue weighted by Crippen LogP contribution is 2.57. The molecule has 6 nitrogen and oxygen atoms in total. The molecule has 1 aliphatic carbocycles. The van der Waals surface area contributed by atoms with E-state index in [0.29, 0.717) is 27.9 Å². The number of hydrogen-bond donors (Lipinski definition) is 2. The van der Waals surface area contributed by atoms with Crippen molar-refractivity contribution in [1.29, 1.82) is 5.26 Å². The lowest BCUT2D eigenvalue weighted by Gasteiger charge is -2.41. The molecule has 0 bridgehead atoms. The van der Waals surface area contributed by atoms with Crippen molar-refractivity contribution in [2.45, 2.75) is 39.0 Å². The van der Waals surface area contributed by atoms with E-state index in [4.69, 9.17) is 10.5 Å². The molecule has 1 atom stereocenters. The number of benzene rings is 1. The fraction of sp³-hybridized carbons (Fsp3) is 0.350. The van der Waals surface area contributed by atoms with Gasteiger partial charge in [-0.15, -0.1) is 0 Å². The zero-order valence-electron chi connectivity index (χ0n) is 15.2. The van der Waals surface area contributed by atoms with Crippen LogP contribution in [0.5, 0.6) is 0 Å². The number of nitrogens with one attached hydrogen (secondary N) is 1. The maximum Gasteiger partial charge on any atom is 0.245 e. The smallest absolute Gasteiger partial charge is 0.245 e. The van der Waals surface area contributed by atoms with Crippen molar-refractivity contribution >= 4 is 33.3 Å². The Morgan fingerprint density at radius 2 is 2.00 bits per heavy atom. The van der Waals surface area contributed by atoms with Gasteiger partial charge in [0.25, 0.3) is 0 Å². The van der Waals surface area contributed by atoms with Gasteiger partial charge < -0.3 is 15.8 Å². The minimum Gasteiger partial charge on any atom is -0.444 e.